The zero-order chi connectivity index (χ0) is 22.0. The Balaban J connectivity index is 1.41. The molecule has 8 heteroatoms. The third kappa shape index (κ3) is 4.75. The van der Waals surface area contributed by atoms with Crippen molar-refractivity contribution >= 4 is 40.0 Å². The fourth-order valence-corrected chi connectivity index (χ4v) is 3.83. The van der Waals surface area contributed by atoms with Crippen LogP contribution in [-0.2, 0) is 4.79 Å². The molecule has 160 valence electrons. The number of piperazine rings is 1. The number of nitrogens with zero attached hydrogens (tertiary/aromatic N) is 3. The van der Waals surface area contributed by atoms with E-state index < -0.39 is 5.97 Å². The van der Waals surface area contributed by atoms with Gasteiger partial charge >= 0.3 is 5.97 Å². The van der Waals surface area contributed by atoms with Gasteiger partial charge in [0.15, 0.2) is 0 Å². The molecule has 1 aliphatic rings. The number of carboxylic acids is 1. The van der Waals surface area contributed by atoms with Crippen molar-refractivity contribution < 1.29 is 14.7 Å². The topological polar surface area (TPSA) is 112 Å². The Morgan fingerprint density at radius 1 is 1.10 bits per heavy atom. The van der Waals surface area contributed by atoms with Gasteiger partial charge in [-0.2, -0.15) is 0 Å². The summed E-state index contributed by atoms with van der Waals surface area (Å²) in [6.07, 6.45) is 0. The highest BCUT2D eigenvalue weighted by molar-refractivity contribution is 6.04. The normalized spacial score (nSPS) is 14.5. The van der Waals surface area contributed by atoms with Gasteiger partial charge in [-0.15, -0.1) is 0 Å². The number of anilines is 3. The minimum Gasteiger partial charge on any atom is -0.478 e. The molecule has 1 fully saturated rings. The van der Waals surface area contributed by atoms with E-state index in [1.165, 1.54) is 0 Å². The van der Waals surface area contributed by atoms with Gasteiger partial charge in [-0.3, -0.25) is 9.69 Å². The van der Waals surface area contributed by atoms with E-state index in [4.69, 9.17) is 5.73 Å². The third-order valence-electron chi connectivity index (χ3n) is 5.41. The summed E-state index contributed by atoms with van der Waals surface area (Å²) < 4.78 is 0. The molecule has 8 nitrogen and oxygen atoms in total. The Morgan fingerprint density at radius 3 is 2.58 bits per heavy atom. The Kier molecular flexibility index (Phi) is 5.73. The van der Waals surface area contributed by atoms with Crippen molar-refractivity contribution in [2.45, 2.75) is 6.92 Å². The van der Waals surface area contributed by atoms with Crippen LogP contribution in [0, 0.1) is 6.92 Å². The second kappa shape index (κ2) is 8.61. The molecule has 2 heterocycles. The molecule has 0 atom stereocenters. The first kappa shape index (κ1) is 20.6. The minimum absolute atomic E-state index is 0.0476. The number of nitrogen functional groups attached to an aromatic ring is 1. The molecule has 0 bridgehead atoms. The lowest BCUT2D eigenvalue weighted by Gasteiger charge is -2.35. The van der Waals surface area contributed by atoms with Gasteiger partial charge in [0.25, 0.3) is 0 Å². The Hall–Kier alpha value is -3.65. The number of hydrogen-bond donors (Lipinski definition) is 3. The maximum Gasteiger partial charge on any atom is 0.336 e. The molecule has 0 aliphatic carbocycles. The van der Waals surface area contributed by atoms with E-state index in [1.807, 2.05) is 31.2 Å². The van der Waals surface area contributed by atoms with Crippen LogP contribution in [-0.4, -0.2) is 59.6 Å². The summed E-state index contributed by atoms with van der Waals surface area (Å²) in [5.74, 6) is -0.433. The molecule has 0 radical (unpaired) electrons. The summed E-state index contributed by atoms with van der Waals surface area (Å²) in [5.41, 5.74) is 9.00. The van der Waals surface area contributed by atoms with Gasteiger partial charge < -0.3 is 21.1 Å². The number of aryl methyl sites for hydroxylation is 1. The summed E-state index contributed by atoms with van der Waals surface area (Å²) >= 11 is 0. The second-order valence-corrected chi connectivity index (χ2v) is 7.79. The minimum atomic E-state index is -1.01. The van der Waals surface area contributed by atoms with Crippen LogP contribution < -0.4 is 16.0 Å². The molecule has 2 aromatic carbocycles. The number of nitrogens with two attached hydrogens (primary N) is 1. The molecule has 1 aromatic heterocycles. The first-order valence-corrected chi connectivity index (χ1v) is 10.2. The van der Waals surface area contributed by atoms with Crippen molar-refractivity contribution in [3.05, 3.63) is 59.7 Å². The largest absolute Gasteiger partial charge is 0.478 e. The van der Waals surface area contributed by atoms with Crippen molar-refractivity contribution in [3.8, 4) is 0 Å². The van der Waals surface area contributed by atoms with Gasteiger partial charge in [0, 0.05) is 42.9 Å². The van der Waals surface area contributed by atoms with Crippen LogP contribution >= 0.6 is 0 Å². The first-order chi connectivity index (χ1) is 14.9. The molecule has 4 N–H and O–H groups in total. The number of benzene rings is 2. The van der Waals surface area contributed by atoms with E-state index in [9.17, 15) is 14.7 Å². The van der Waals surface area contributed by atoms with E-state index in [0.717, 1.165) is 11.3 Å². The molecular formula is C23H25N5O3. The molecule has 4 rings (SSSR count). The molecule has 1 saturated heterocycles. The molecule has 1 amide bonds. The zero-order valence-electron chi connectivity index (χ0n) is 17.3. The van der Waals surface area contributed by atoms with Gasteiger partial charge in [0.05, 0.1) is 17.6 Å². The van der Waals surface area contributed by atoms with Crippen LogP contribution in [0.2, 0.25) is 0 Å². The van der Waals surface area contributed by atoms with Crippen LogP contribution in [0.1, 0.15) is 15.9 Å². The highest BCUT2D eigenvalue weighted by Crippen LogP contribution is 2.26. The van der Waals surface area contributed by atoms with Crippen LogP contribution in [0.15, 0.2) is 48.5 Å². The summed E-state index contributed by atoms with van der Waals surface area (Å²) in [7, 11) is 0. The standard InChI is InChI=1S/C23H25N5O3/c1-15-3-2-4-17(11-15)25-22(29)14-27-7-9-28(10-8-27)21-13-19(23(30)31)18-12-16(24)5-6-20(18)26-21/h2-6,11-13H,7-10,14,24H2,1H3,(H,25,29)(H,30,31). The number of pyridine rings is 1. The van der Waals surface area contributed by atoms with Crippen molar-refractivity contribution in [3.63, 3.8) is 0 Å². The number of carboxylic acid groups (broad SMARTS) is 1. The number of amides is 1. The molecule has 1 aliphatic heterocycles. The van der Waals surface area contributed by atoms with Crippen LogP contribution in [0.4, 0.5) is 17.2 Å². The Morgan fingerprint density at radius 2 is 1.87 bits per heavy atom. The number of rotatable bonds is 5. The Bertz CT molecular complexity index is 1140. The van der Waals surface area contributed by atoms with Crippen LogP contribution in [0.25, 0.3) is 10.9 Å². The molecule has 0 unspecified atom stereocenters. The fraction of sp³-hybridized carbons (Fsp3) is 0.261. The number of aromatic nitrogens is 1. The Labute approximate surface area is 180 Å². The lowest BCUT2D eigenvalue weighted by atomic mass is 10.1. The number of fused-ring (bicyclic) bond motifs is 1. The highest BCUT2D eigenvalue weighted by atomic mass is 16.4. The smallest absolute Gasteiger partial charge is 0.336 e. The number of aromatic carboxylic acids is 1. The van der Waals surface area contributed by atoms with Crippen LogP contribution in [0.3, 0.4) is 0 Å². The van der Waals surface area contributed by atoms with E-state index in [2.05, 4.69) is 20.1 Å². The summed E-state index contributed by atoms with van der Waals surface area (Å²) in [5, 5.41) is 13.1. The maximum absolute atomic E-state index is 12.4. The summed E-state index contributed by atoms with van der Waals surface area (Å²) in [6, 6.07) is 14.4. The number of carbonyl (C=O) groups is 2. The molecular weight excluding hydrogens is 394 g/mol. The summed E-state index contributed by atoms with van der Waals surface area (Å²) in [4.78, 5) is 32.9. The molecule has 3 aromatic rings. The predicted molar refractivity (Wildman–Crippen MR) is 122 cm³/mol. The van der Waals surface area contributed by atoms with E-state index in [-0.39, 0.29) is 11.5 Å². The van der Waals surface area contributed by atoms with Crippen molar-refractivity contribution in [2.75, 3.05) is 48.7 Å². The van der Waals surface area contributed by atoms with Gasteiger partial charge in [-0.1, -0.05) is 12.1 Å². The van der Waals surface area contributed by atoms with Gasteiger partial charge in [-0.05, 0) is 48.9 Å². The molecule has 31 heavy (non-hydrogen) atoms. The monoisotopic (exact) mass is 419 g/mol. The van der Waals surface area contributed by atoms with E-state index >= 15 is 0 Å². The lowest BCUT2D eigenvalue weighted by Crippen LogP contribution is -2.49. The molecule has 0 spiro atoms. The van der Waals surface area contributed by atoms with Gasteiger partial charge in [0.2, 0.25) is 5.91 Å². The quantitative estimate of drug-likeness (QED) is 0.545. The average Bonchev–Trinajstić information content (AvgIpc) is 2.73. The zero-order valence-corrected chi connectivity index (χ0v) is 17.3. The third-order valence-corrected chi connectivity index (χ3v) is 5.41. The van der Waals surface area contributed by atoms with Crippen LogP contribution in [0.5, 0.6) is 0 Å². The predicted octanol–water partition coefficient (Wildman–Crippen LogP) is 2.58. The van der Waals surface area contributed by atoms with Gasteiger partial charge in [-0.25, -0.2) is 9.78 Å². The second-order valence-electron chi connectivity index (χ2n) is 7.79. The van der Waals surface area contributed by atoms with E-state index in [0.29, 0.717) is 55.1 Å². The van der Waals surface area contributed by atoms with E-state index in [1.54, 1.807) is 24.3 Å². The van der Waals surface area contributed by atoms with Crippen molar-refractivity contribution in [2.24, 2.45) is 0 Å². The number of carbonyl (C=O) groups excluding carboxylic acids is 1. The van der Waals surface area contributed by atoms with Crippen molar-refractivity contribution in [1.82, 2.24) is 9.88 Å². The highest BCUT2D eigenvalue weighted by Gasteiger charge is 2.22. The first-order valence-electron chi connectivity index (χ1n) is 10.2. The van der Waals surface area contributed by atoms with Gasteiger partial charge in [0.1, 0.15) is 5.82 Å². The fourth-order valence-electron chi connectivity index (χ4n) is 3.83. The molecule has 0 saturated carbocycles. The lowest BCUT2D eigenvalue weighted by molar-refractivity contribution is -0.117. The SMILES string of the molecule is Cc1cccc(NC(=O)CN2CCN(c3cc(C(=O)O)c4cc(N)ccc4n3)CC2)c1. The maximum atomic E-state index is 12.4. The average molecular weight is 419 g/mol. The van der Waals surface area contributed by atoms with Crippen molar-refractivity contribution in [1.29, 1.82) is 0 Å². The number of nitrogens with one attached hydrogen (secondary N) is 1. The number of hydrogen-bond acceptors (Lipinski definition) is 6. The summed E-state index contributed by atoms with van der Waals surface area (Å²) in [6.45, 7) is 4.98.